The number of aromatic nitrogens is 1. The predicted molar refractivity (Wildman–Crippen MR) is 103 cm³/mol. The summed E-state index contributed by atoms with van der Waals surface area (Å²) in [6.07, 6.45) is 0. The molecule has 0 aliphatic carbocycles. The molecule has 0 bridgehead atoms. The van der Waals surface area contributed by atoms with Crippen molar-refractivity contribution in [3.8, 4) is 45.4 Å². The minimum Gasteiger partial charge on any atom is -0.497 e. The molecular formula is C18H16NO7PS. The summed E-state index contributed by atoms with van der Waals surface area (Å²) in [5.74, 6) is 1.76. The molecule has 0 saturated heterocycles. The van der Waals surface area contributed by atoms with Crippen LogP contribution in [-0.2, 0) is 4.57 Å². The maximum absolute atomic E-state index is 11.4. The van der Waals surface area contributed by atoms with Gasteiger partial charge in [-0.3, -0.25) is 9.79 Å². The Morgan fingerprint density at radius 1 is 1.18 bits per heavy atom. The number of phosphoric ester groups is 1. The first-order valence-electron chi connectivity index (χ1n) is 8.14. The van der Waals surface area contributed by atoms with Crippen molar-refractivity contribution < 1.29 is 33.1 Å². The number of rotatable bonds is 5. The second-order valence-corrected chi connectivity index (χ2v) is 7.84. The van der Waals surface area contributed by atoms with Gasteiger partial charge in [-0.05, 0) is 48.3 Å². The van der Waals surface area contributed by atoms with E-state index in [0.29, 0.717) is 34.1 Å². The maximum atomic E-state index is 11.4. The number of methoxy groups -OCH3 is 1. The van der Waals surface area contributed by atoms with E-state index in [1.165, 1.54) is 24.7 Å². The highest BCUT2D eigenvalue weighted by Crippen LogP contribution is 2.47. The Balaban J connectivity index is 1.84. The van der Waals surface area contributed by atoms with Gasteiger partial charge in [0, 0.05) is 28.1 Å². The molecule has 2 aromatic carbocycles. The number of benzene rings is 2. The molecule has 1 aliphatic rings. The van der Waals surface area contributed by atoms with Crippen LogP contribution in [-0.4, -0.2) is 28.1 Å². The van der Waals surface area contributed by atoms with Crippen LogP contribution in [0.5, 0.6) is 23.0 Å². The van der Waals surface area contributed by atoms with Gasteiger partial charge in [-0.1, -0.05) is 0 Å². The first-order chi connectivity index (χ1) is 13.4. The van der Waals surface area contributed by atoms with E-state index in [0.717, 1.165) is 11.1 Å². The fourth-order valence-electron chi connectivity index (χ4n) is 3.01. The lowest BCUT2D eigenvalue weighted by Gasteiger charge is -2.14. The lowest BCUT2D eigenvalue weighted by atomic mass is 9.99. The van der Waals surface area contributed by atoms with Crippen LogP contribution >= 0.6 is 19.4 Å². The molecule has 0 fully saturated rings. The predicted octanol–water partition coefficient (Wildman–Crippen LogP) is 3.99. The molecule has 1 aliphatic heterocycles. The number of ether oxygens (including phenoxy) is 3. The zero-order valence-electron chi connectivity index (χ0n) is 14.9. The lowest BCUT2D eigenvalue weighted by Crippen LogP contribution is -1.95. The summed E-state index contributed by atoms with van der Waals surface area (Å²) in [6, 6.07) is 8.56. The first kappa shape index (κ1) is 18.8. The molecule has 0 atom stereocenters. The second kappa shape index (κ2) is 7.10. The van der Waals surface area contributed by atoms with E-state index in [2.05, 4.69) is 4.37 Å². The van der Waals surface area contributed by atoms with Gasteiger partial charge in [-0.15, -0.1) is 0 Å². The third kappa shape index (κ3) is 3.57. The average Bonchev–Trinajstić information content (AvgIpc) is 3.29. The highest BCUT2D eigenvalue weighted by Gasteiger charge is 2.24. The molecule has 146 valence electrons. The summed E-state index contributed by atoms with van der Waals surface area (Å²) in [5.41, 5.74) is 3.52. The largest absolute Gasteiger partial charge is 0.524 e. The quantitative estimate of drug-likeness (QED) is 0.596. The van der Waals surface area contributed by atoms with Crippen LogP contribution in [0.4, 0.5) is 0 Å². The summed E-state index contributed by atoms with van der Waals surface area (Å²) < 4.78 is 36.9. The van der Waals surface area contributed by atoms with Crippen LogP contribution in [0.25, 0.3) is 22.4 Å². The Hall–Kier alpha value is -2.58. The van der Waals surface area contributed by atoms with Gasteiger partial charge in [0.1, 0.15) is 11.5 Å². The maximum Gasteiger partial charge on any atom is 0.524 e. The molecule has 0 unspecified atom stereocenters. The highest BCUT2D eigenvalue weighted by molar-refractivity contribution is 7.46. The molecule has 2 heterocycles. The number of hydrogen-bond donors (Lipinski definition) is 2. The number of hydrogen-bond acceptors (Lipinski definition) is 7. The van der Waals surface area contributed by atoms with E-state index in [4.69, 9.17) is 18.7 Å². The standard InChI is InChI=1S/C18H16NO7PS/c1-10-5-11(6-16-18(10)25-9-24-16)17-14(8-28-19-17)13-4-3-12(23-2)7-15(13)26-27(20,21)22/h3-8H,9H2,1-2H3,(H2,20,21,22). The smallest absolute Gasteiger partial charge is 0.497 e. The fraction of sp³-hybridized carbons (Fsp3) is 0.167. The lowest BCUT2D eigenvalue weighted by molar-refractivity contribution is 0.173. The first-order valence-corrected chi connectivity index (χ1v) is 10.5. The van der Waals surface area contributed by atoms with Crippen molar-refractivity contribution in [2.45, 2.75) is 6.92 Å². The average molecular weight is 421 g/mol. The van der Waals surface area contributed by atoms with E-state index in [9.17, 15) is 14.4 Å². The molecule has 0 radical (unpaired) electrons. The summed E-state index contributed by atoms with van der Waals surface area (Å²) in [7, 11) is -3.30. The van der Waals surface area contributed by atoms with Crippen molar-refractivity contribution in [3.63, 3.8) is 0 Å². The molecule has 2 N–H and O–H groups in total. The molecule has 0 amide bonds. The topological polar surface area (TPSA) is 107 Å². The van der Waals surface area contributed by atoms with Crippen LogP contribution in [0.2, 0.25) is 0 Å². The summed E-state index contributed by atoms with van der Waals surface area (Å²) in [4.78, 5) is 18.6. The Morgan fingerprint density at radius 2 is 2.00 bits per heavy atom. The van der Waals surface area contributed by atoms with Crippen LogP contribution in [0, 0.1) is 6.92 Å². The van der Waals surface area contributed by atoms with Gasteiger partial charge in [0.15, 0.2) is 11.5 Å². The van der Waals surface area contributed by atoms with Gasteiger partial charge < -0.3 is 18.7 Å². The molecule has 8 nitrogen and oxygen atoms in total. The van der Waals surface area contributed by atoms with Crippen LogP contribution in [0.3, 0.4) is 0 Å². The molecule has 4 rings (SSSR count). The van der Waals surface area contributed by atoms with E-state index in [-0.39, 0.29) is 12.5 Å². The van der Waals surface area contributed by atoms with Gasteiger partial charge in [0.25, 0.3) is 0 Å². The van der Waals surface area contributed by atoms with Gasteiger partial charge in [-0.2, -0.15) is 4.37 Å². The third-order valence-electron chi connectivity index (χ3n) is 4.20. The molecular weight excluding hydrogens is 405 g/mol. The number of phosphoric acid groups is 1. The Morgan fingerprint density at radius 3 is 2.75 bits per heavy atom. The van der Waals surface area contributed by atoms with E-state index >= 15 is 0 Å². The normalized spacial score (nSPS) is 12.9. The summed E-state index contributed by atoms with van der Waals surface area (Å²) >= 11 is 1.23. The van der Waals surface area contributed by atoms with E-state index < -0.39 is 7.82 Å². The number of nitrogens with zero attached hydrogens (tertiary/aromatic N) is 1. The minimum absolute atomic E-state index is 0.00611. The van der Waals surface area contributed by atoms with Gasteiger partial charge in [0.2, 0.25) is 6.79 Å². The third-order valence-corrected chi connectivity index (χ3v) is 5.26. The number of fused-ring (bicyclic) bond motifs is 1. The summed E-state index contributed by atoms with van der Waals surface area (Å²) in [6.45, 7) is 2.08. The second-order valence-electron chi connectivity index (χ2n) is 6.05. The van der Waals surface area contributed by atoms with Crippen molar-refractivity contribution in [3.05, 3.63) is 41.3 Å². The Kier molecular flexibility index (Phi) is 4.76. The SMILES string of the molecule is COc1ccc(-c2csnc2-c2cc(C)c3c(c2)OCO3)c(OP(=O)(O)O)c1. The zero-order valence-corrected chi connectivity index (χ0v) is 16.6. The minimum atomic E-state index is -4.76. The molecule has 10 heteroatoms. The Bertz CT molecular complexity index is 1090. The van der Waals surface area contributed by atoms with Crippen molar-refractivity contribution >= 4 is 19.4 Å². The molecule has 28 heavy (non-hydrogen) atoms. The van der Waals surface area contributed by atoms with Crippen LogP contribution < -0.4 is 18.7 Å². The Labute approximate surface area is 164 Å². The van der Waals surface area contributed by atoms with Crippen LogP contribution in [0.1, 0.15) is 5.56 Å². The summed E-state index contributed by atoms with van der Waals surface area (Å²) in [5, 5.41) is 1.80. The molecule has 0 saturated carbocycles. The van der Waals surface area contributed by atoms with Crippen LogP contribution in [0.15, 0.2) is 35.7 Å². The van der Waals surface area contributed by atoms with E-state index in [1.807, 2.05) is 19.1 Å². The van der Waals surface area contributed by atoms with Crippen molar-refractivity contribution in [2.24, 2.45) is 0 Å². The number of aryl methyl sites for hydroxylation is 1. The molecule has 3 aromatic rings. The van der Waals surface area contributed by atoms with E-state index in [1.54, 1.807) is 17.5 Å². The molecule has 0 spiro atoms. The highest BCUT2D eigenvalue weighted by atomic mass is 32.1. The zero-order chi connectivity index (χ0) is 19.9. The van der Waals surface area contributed by atoms with Gasteiger partial charge >= 0.3 is 7.82 Å². The van der Waals surface area contributed by atoms with Gasteiger partial charge in [0.05, 0.1) is 12.8 Å². The van der Waals surface area contributed by atoms with Gasteiger partial charge in [-0.25, -0.2) is 4.57 Å². The fourth-order valence-corrected chi connectivity index (χ4v) is 4.13. The van der Waals surface area contributed by atoms with Crippen molar-refractivity contribution in [1.82, 2.24) is 4.37 Å². The monoisotopic (exact) mass is 421 g/mol. The van der Waals surface area contributed by atoms with Crippen molar-refractivity contribution in [1.29, 1.82) is 0 Å². The van der Waals surface area contributed by atoms with Crippen molar-refractivity contribution in [2.75, 3.05) is 13.9 Å². The molecule has 1 aromatic heterocycles.